The number of hydrogen-bond donors (Lipinski definition) is 1. The van der Waals surface area contributed by atoms with E-state index >= 15 is 0 Å². The monoisotopic (exact) mass is 465 g/mol. The molecule has 0 aliphatic carbocycles. The SMILES string of the molecule is CCS(=O)(=O)N1CCC(c2c[nH]c3ccc(-c4cccc(C(C)N5CCCC5)c4)cc23)CC1. The Balaban J connectivity index is 1.40. The molecule has 33 heavy (non-hydrogen) atoms. The van der Waals surface area contributed by atoms with Gasteiger partial charge in [-0.15, -0.1) is 0 Å². The van der Waals surface area contributed by atoms with Gasteiger partial charge in [-0.1, -0.05) is 24.3 Å². The molecule has 0 bridgehead atoms. The van der Waals surface area contributed by atoms with E-state index in [-0.39, 0.29) is 5.75 Å². The van der Waals surface area contributed by atoms with Crippen LogP contribution < -0.4 is 0 Å². The van der Waals surface area contributed by atoms with Crippen molar-refractivity contribution < 1.29 is 8.42 Å². The summed E-state index contributed by atoms with van der Waals surface area (Å²) in [5.74, 6) is 0.572. The van der Waals surface area contributed by atoms with Gasteiger partial charge in [0.15, 0.2) is 0 Å². The summed E-state index contributed by atoms with van der Waals surface area (Å²) in [5.41, 5.74) is 6.36. The summed E-state index contributed by atoms with van der Waals surface area (Å²) in [4.78, 5) is 6.03. The highest BCUT2D eigenvalue weighted by atomic mass is 32.2. The van der Waals surface area contributed by atoms with Gasteiger partial charge in [-0.05, 0) is 99.0 Å². The molecule has 0 amide bonds. The molecule has 2 aliphatic heterocycles. The van der Waals surface area contributed by atoms with Crippen molar-refractivity contribution in [1.29, 1.82) is 0 Å². The Morgan fingerprint density at radius 1 is 1.00 bits per heavy atom. The Kier molecular flexibility index (Phi) is 6.34. The maximum Gasteiger partial charge on any atom is 0.213 e. The first-order valence-corrected chi connectivity index (χ1v) is 14.0. The van der Waals surface area contributed by atoms with E-state index in [2.05, 4.69) is 65.5 Å². The van der Waals surface area contributed by atoms with Crippen LogP contribution in [0.25, 0.3) is 22.0 Å². The van der Waals surface area contributed by atoms with Crippen LogP contribution in [0.5, 0.6) is 0 Å². The zero-order valence-corrected chi connectivity index (χ0v) is 20.6. The fourth-order valence-corrected chi connectivity index (χ4v) is 6.74. The first kappa shape index (κ1) is 22.6. The van der Waals surface area contributed by atoms with Gasteiger partial charge in [0.05, 0.1) is 5.75 Å². The van der Waals surface area contributed by atoms with E-state index in [9.17, 15) is 8.42 Å². The molecule has 1 aromatic heterocycles. The quantitative estimate of drug-likeness (QED) is 0.521. The molecule has 2 saturated heterocycles. The average Bonchev–Trinajstić information content (AvgIpc) is 3.54. The lowest BCUT2D eigenvalue weighted by molar-refractivity contribution is 0.263. The minimum Gasteiger partial charge on any atom is -0.361 e. The molecular formula is C27H35N3O2S. The zero-order chi connectivity index (χ0) is 23.0. The molecular weight excluding hydrogens is 430 g/mol. The Bertz CT molecular complexity index is 1220. The largest absolute Gasteiger partial charge is 0.361 e. The molecule has 176 valence electrons. The third-order valence-corrected chi connectivity index (χ3v) is 9.64. The molecule has 6 heteroatoms. The second-order valence-electron chi connectivity index (χ2n) is 9.62. The molecule has 1 atom stereocenters. The zero-order valence-electron chi connectivity index (χ0n) is 19.8. The minimum atomic E-state index is -3.09. The highest BCUT2D eigenvalue weighted by molar-refractivity contribution is 7.89. The van der Waals surface area contributed by atoms with Crippen molar-refractivity contribution in [3.8, 4) is 11.1 Å². The van der Waals surface area contributed by atoms with Gasteiger partial charge in [0.2, 0.25) is 10.0 Å². The molecule has 2 aliphatic rings. The van der Waals surface area contributed by atoms with E-state index in [0.29, 0.717) is 25.0 Å². The second-order valence-corrected chi connectivity index (χ2v) is 11.9. The van der Waals surface area contributed by atoms with Crippen LogP contribution in [0.1, 0.15) is 62.6 Å². The van der Waals surface area contributed by atoms with E-state index in [1.807, 2.05) is 0 Å². The summed E-state index contributed by atoms with van der Waals surface area (Å²) in [5, 5.41) is 1.27. The Labute approximate surface area is 197 Å². The Morgan fingerprint density at radius 2 is 1.73 bits per heavy atom. The number of H-pyrrole nitrogens is 1. The van der Waals surface area contributed by atoms with Crippen LogP contribution >= 0.6 is 0 Å². The molecule has 3 aromatic rings. The van der Waals surface area contributed by atoms with Crippen molar-refractivity contribution in [2.45, 2.75) is 51.5 Å². The number of nitrogens with zero attached hydrogens (tertiary/aromatic N) is 2. The van der Waals surface area contributed by atoms with Crippen molar-refractivity contribution in [1.82, 2.24) is 14.2 Å². The second kappa shape index (κ2) is 9.24. The van der Waals surface area contributed by atoms with Crippen LogP contribution in [0.2, 0.25) is 0 Å². The van der Waals surface area contributed by atoms with Crippen LogP contribution in [-0.4, -0.2) is 54.5 Å². The van der Waals surface area contributed by atoms with Gasteiger partial charge in [-0.3, -0.25) is 4.90 Å². The van der Waals surface area contributed by atoms with Crippen molar-refractivity contribution in [3.63, 3.8) is 0 Å². The molecule has 5 nitrogen and oxygen atoms in total. The summed E-state index contributed by atoms with van der Waals surface area (Å²) < 4.78 is 26.1. The number of rotatable bonds is 6. The Hall–Kier alpha value is -2.15. The van der Waals surface area contributed by atoms with Crippen LogP contribution in [0, 0.1) is 0 Å². The van der Waals surface area contributed by atoms with Gasteiger partial charge in [-0.25, -0.2) is 12.7 Å². The van der Waals surface area contributed by atoms with Crippen molar-refractivity contribution in [3.05, 3.63) is 59.8 Å². The lowest BCUT2D eigenvalue weighted by Crippen LogP contribution is -2.38. The van der Waals surface area contributed by atoms with E-state index in [0.717, 1.165) is 18.4 Å². The topological polar surface area (TPSA) is 56.4 Å². The summed E-state index contributed by atoms with van der Waals surface area (Å²) in [6.07, 6.45) is 6.49. The normalized spacial score (nSPS) is 19.9. The van der Waals surface area contributed by atoms with Crippen molar-refractivity contribution in [2.75, 3.05) is 31.9 Å². The van der Waals surface area contributed by atoms with Gasteiger partial charge in [-0.2, -0.15) is 0 Å². The van der Waals surface area contributed by atoms with Crippen LogP contribution in [0.3, 0.4) is 0 Å². The van der Waals surface area contributed by atoms with Gasteiger partial charge in [0.1, 0.15) is 0 Å². The summed E-state index contributed by atoms with van der Waals surface area (Å²) in [6, 6.07) is 16.2. The van der Waals surface area contributed by atoms with Crippen LogP contribution in [0.15, 0.2) is 48.7 Å². The number of likely N-dealkylation sites (tertiary alicyclic amines) is 1. The average molecular weight is 466 g/mol. The van der Waals surface area contributed by atoms with Gasteiger partial charge < -0.3 is 4.98 Å². The van der Waals surface area contributed by atoms with Crippen molar-refractivity contribution >= 4 is 20.9 Å². The molecule has 0 spiro atoms. The first-order valence-electron chi connectivity index (χ1n) is 12.4. The summed E-state index contributed by atoms with van der Waals surface area (Å²) in [6.45, 7) is 7.67. The highest BCUT2D eigenvalue weighted by Gasteiger charge is 2.28. The molecule has 0 radical (unpaired) electrons. The number of hydrogen-bond acceptors (Lipinski definition) is 3. The summed E-state index contributed by atoms with van der Waals surface area (Å²) in [7, 11) is -3.09. The van der Waals surface area contributed by atoms with Crippen molar-refractivity contribution in [2.24, 2.45) is 0 Å². The number of benzene rings is 2. The number of piperidine rings is 1. The fourth-order valence-electron chi connectivity index (χ4n) is 5.60. The van der Waals surface area contributed by atoms with Gasteiger partial charge >= 0.3 is 0 Å². The lowest BCUT2D eigenvalue weighted by Gasteiger charge is -2.30. The van der Waals surface area contributed by atoms with Crippen LogP contribution in [-0.2, 0) is 10.0 Å². The van der Waals surface area contributed by atoms with E-state index in [4.69, 9.17) is 0 Å². The van der Waals surface area contributed by atoms with Gasteiger partial charge in [0, 0.05) is 36.2 Å². The third kappa shape index (κ3) is 4.48. The van der Waals surface area contributed by atoms with Crippen LogP contribution in [0.4, 0.5) is 0 Å². The number of sulfonamides is 1. The predicted molar refractivity (Wildman–Crippen MR) is 136 cm³/mol. The maximum atomic E-state index is 12.2. The van der Waals surface area contributed by atoms with E-state index in [1.165, 1.54) is 53.6 Å². The third-order valence-electron chi connectivity index (χ3n) is 7.76. The highest BCUT2D eigenvalue weighted by Crippen LogP contribution is 2.36. The predicted octanol–water partition coefficient (Wildman–Crippen LogP) is 5.52. The fraction of sp³-hybridized carbons (Fsp3) is 0.481. The van der Waals surface area contributed by atoms with E-state index in [1.54, 1.807) is 11.2 Å². The molecule has 1 N–H and O–H groups in total. The number of aromatic nitrogens is 1. The number of aromatic amines is 1. The standard InChI is InChI=1S/C27H35N3O2S/c1-3-33(31,32)30-15-11-21(12-16-30)26-19-28-27-10-9-24(18-25(26)27)23-8-6-7-22(17-23)20(2)29-13-4-5-14-29/h6-10,17-21,28H,3-5,11-16H2,1-2H3. The molecule has 3 heterocycles. The summed E-state index contributed by atoms with van der Waals surface area (Å²) >= 11 is 0. The molecule has 1 unspecified atom stereocenters. The molecule has 5 rings (SSSR count). The molecule has 2 fully saturated rings. The smallest absolute Gasteiger partial charge is 0.213 e. The van der Waals surface area contributed by atoms with Gasteiger partial charge in [0.25, 0.3) is 0 Å². The number of nitrogens with one attached hydrogen (secondary N) is 1. The first-order chi connectivity index (χ1) is 16.0. The van der Waals surface area contributed by atoms with E-state index < -0.39 is 10.0 Å². The molecule has 0 saturated carbocycles. The molecule has 2 aromatic carbocycles. The minimum absolute atomic E-state index is 0.184. The lowest BCUT2D eigenvalue weighted by atomic mass is 9.89. The Morgan fingerprint density at radius 3 is 2.45 bits per heavy atom. The maximum absolute atomic E-state index is 12.2. The number of fused-ring (bicyclic) bond motifs is 1.